The topological polar surface area (TPSA) is 85.0 Å². The molecule has 6 heteroatoms. The molecule has 2 N–H and O–H groups in total. The molecule has 2 aromatic heterocycles. The van der Waals surface area contributed by atoms with Crippen molar-refractivity contribution in [3.8, 4) is 0 Å². The molecule has 1 saturated heterocycles. The normalized spacial score (nSPS) is 19.0. The quantitative estimate of drug-likeness (QED) is 0.859. The van der Waals surface area contributed by atoms with E-state index in [9.17, 15) is 4.79 Å². The van der Waals surface area contributed by atoms with Crippen molar-refractivity contribution in [1.82, 2.24) is 15.0 Å². The van der Waals surface area contributed by atoms with Crippen molar-refractivity contribution < 1.29 is 4.79 Å². The molecule has 1 amide bonds. The summed E-state index contributed by atoms with van der Waals surface area (Å²) in [5.74, 6) is 1.16. The Hall–Kier alpha value is -2.24. The molecule has 0 aromatic carbocycles. The highest BCUT2D eigenvalue weighted by Crippen LogP contribution is 2.29. The van der Waals surface area contributed by atoms with E-state index in [1.54, 1.807) is 12.4 Å². The Balaban J connectivity index is 2.16. The van der Waals surface area contributed by atoms with Gasteiger partial charge in [0.05, 0.1) is 11.7 Å². The first-order valence-electron chi connectivity index (χ1n) is 6.31. The molecule has 1 aliphatic heterocycles. The molecular formula is C13H15N5O. The second-order valence-corrected chi connectivity index (χ2v) is 4.74. The van der Waals surface area contributed by atoms with E-state index in [0.717, 1.165) is 36.1 Å². The number of aryl methyl sites for hydroxylation is 1. The molecule has 19 heavy (non-hydrogen) atoms. The van der Waals surface area contributed by atoms with Crippen LogP contribution >= 0.6 is 0 Å². The molecule has 0 aliphatic carbocycles. The highest BCUT2D eigenvalue weighted by atomic mass is 16.1. The van der Waals surface area contributed by atoms with Gasteiger partial charge in [0.1, 0.15) is 17.7 Å². The monoisotopic (exact) mass is 257 g/mol. The smallest absolute Gasteiger partial charge is 0.240 e. The first kappa shape index (κ1) is 11.8. The predicted molar refractivity (Wildman–Crippen MR) is 71.6 cm³/mol. The minimum Gasteiger partial charge on any atom is -0.368 e. The van der Waals surface area contributed by atoms with E-state index in [4.69, 9.17) is 5.73 Å². The van der Waals surface area contributed by atoms with Crippen LogP contribution in [0.25, 0.3) is 10.9 Å². The van der Waals surface area contributed by atoms with E-state index in [2.05, 4.69) is 15.0 Å². The lowest BCUT2D eigenvalue weighted by Crippen LogP contribution is -2.41. The van der Waals surface area contributed by atoms with Crippen LogP contribution in [0.1, 0.15) is 18.7 Å². The van der Waals surface area contributed by atoms with Crippen LogP contribution in [0, 0.1) is 6.92 Å². The molecule has 6 nitrogen and oxygen atoms in total. The fraction of sp³-hybridized carbons (Fsp3) is 0.385. The SMILES string of the molecule is Cc1nc(N2CCCC2C(N)=O)c2ccncc2n1. The molecule has 1 aliphatic rings. The molecular weight excluding hydrogens is 242 g/mol. The Morgan fingerprint density at radius 2 is 2.32 bits per heavy atom. The second-order valence-electron chi connectivity index (χ2n) is 4.74. The van der Waals surface area contributed by atoms with Gasteiger partial charge in [0.2, 0.25) is 5.91 Å². The molecule has 3 heterocycles. The number of pyridine rings is 1. The molecule has 1 unspecified atom stereocenters. The lowest BCUT2D eigenvalue weighted by molar-refractivity contribution is -0.119. The Morgan fingerprint density at radius 1 is 1.47 bits per heavy atom. The Kier molecular flexibility index (Phi) is 2.77. The summed E-state index contributed by atoms with van der Waals surface area (Å²) in [5.41, 5.74) is 6.26. The van der Waals surface area contributed by atoms with Gasteiger partial charge in [0, 0.05) is 18.1 Å². The maximum atomic E-state index is 11.5. The van der Waals surface area contributed by atoms with E-state index < -0.39 is 0 Å². The molecule has 0 radical (unpaired) electrons. The number of primary amides is 1. The maximum absolute atomic E-state index is 11.5. The first-order valence-corrected chi connectivity index (χ1v) is 6.31. The number of hydrogen-bond donors (Lipinski definition) is 1. The third kappa shape index (κ3) is 1.99. The third-order valence-electron chi connectivity index (χ3n) is 3.44. The summed E-state index contributed by atoms with van der Waals surface area (Å²) in [6.45, 7) is 2.63. The van der Waals surface area contributed by atoms with Gasteiger partial charge in [-0.1, -0.05) is 0 Å². The van der Waals surface area contributed by atoms with Gasteiger partial charge in [-0.3, -0.25) is 9.78 Å². The number of carbonyl (C=O) groups is 1. The van der Waals surface area contributed by atoms with Crippen molar-refractivity contribution in [2.24, 2.45) is 5.73 Å². The van der Waals surface area contributed by atoms with Crippen LogP contribution in [-0.4, -0.2) is 33.4 Å². The van der Waals surface area contributed by atoms with Crippen LogP contribution in [0.5, 0.6) is 0 Å². The van der Waals surface area contributed by atoms with Crippen LogP contribution in [-0.2, 0) is 4.79 Å². The number of carbonyl (C=O) groups excluding carboxylic acids is 1. The van der Waals surface area contributed by atoms with Gasteiger partial charge in [0.25, 0.3) is 0 Å². The summed E-state index contributed by atoms with van der Waals surface area (Å²) in [6.07, 6.45) is 5.15. The Bertz CT molecular complexity index is 642. The summed E-state index contributed by atoms with van der Waals surface area (Å²) in [5, 5.41) is 0.911. The summed E-state index contributed by atoms with van der Waals surface area (Å²) >= 11 is 0. The van der Waals surface area contributed by atoms with Gasteiger partial charge < -0.3 is 10.6 Å². The predicted octanol–water partition coefficient (Wildman–Crippen LogP) is 0.787. The molecule has 0 bridgehead atoms. The zero-order valence-corrected chi connectivity index (χ0v) is 10.7. The largest absolute Gasteiger partial charge is 0.368 e. The third-order valence-corrected chi connectivity index (χ3v) is 3.44. The minimum absolute atomic E-state index is 0.273. The number of nitrogens with two attached hydrogens (primary N) is 1. The second kappa shape index (κ2) is 4.46. The maximum Gasteiger partial charge on any atom is 0.240 e. The van der Waals surface area contributed by atoms with Crippen LogP contribution in [0.4, 0.5) is 5.82 Å². The number of amides is 1. The van der Waals surface area contributed by atoms with Gasteiger partial charge in [-0.05, 0) is 25.8 Å². The Labute approximate surface area is 110 Å². The van der Waals surface area contributed by atoms with Crippen LogP contribution in [0.2, 0.25) is 0 Å². The summed E-state index contributed by atoms with van der Waals surface area (Å²) in [4.78, 5) is 26.4. The Morgan fingerprint density at radius 3 is 3.11 bits per heavy atom. The fourth-order valence-electron chi connectivity index (χ4n) is 2.61. The number of hydrogen-bond acceptors (Lipinski definition) is 5. The van der Waals surface area contributed by atoms with Gasteiger partial charge >= 0.3 is 0 Å². The van der Waals surface area contributed by atoms with E-state index in [-0.39, 0.29) is 11.9 Å². The van der Waals surface area contributed by atoms with E-state index in [0.29, 0.717) is 5.82 Å². The lowest BCUT2D eigenvalue weighted by atomic mass is 10.2. The molecule has 98 valence electrons. The average Bonchev–Trinajstić information content (AvgIpc) is 2.86. The van der Waals surface area contributed by atoms with Crippen LogP contribution in [0.3, 0.4) is 0 Å². The van der Waals surface area contributed by atoms with Gasteiger partial charge in [-0.2, -0.15) is 0 Å². The van der Waals surface area contributed by atoms with Gasteiger partial charge in [-0.15, -0.1) is 0 Å². The van der Waals surface area contributed by atoms with Crippen molar-refractivity contribution in [2.45, 2.75) is 25.8 Å². The van der Waals surface area contributed by atoms with Crippen molar-refractivity contribution in [3.63, 3.8) is 0 Å². The summed E-state index contributed by atoms with van der Waals surface area (Å²) in [6, 6.07) is 1.60. The highest BCUT2D eigenvalue weighted by Gasteiger charge is 2.31. The van der Waals surface area contributed by atoms with E-state index in [1.165, 1.54) is 0 Å². The van der Waals surface area contributed by atoms with E-state index >= 15 is 0 Å². The number of nitrogens with zero attached hydrogens (tertiary/aromatic N) is 4. The zero-order valence-electron chi connectivity index (χ0n) is 10.7. The highest BCUT2D eigenvalue weighted by molar-refractivity contribution is 5.92. The number of anilines is 1. The molecule has 1 atom stereocenters. The average molecular weight is 257 g/mol. The molecule has 1 fully saturated rings. The van der Waals surface area contributed by atoms with Crippen molar-refractivity contribution in [2.75, 3.05) is 11.4 Å². The molecule has 3 rings (SSSR count). The molecule has 2 aromatic rings. The standard InChI is InChI=1S/C13H15N5O/c1-8-16-10-7-15-5-4-9(10)13(17-8)18-6-2-3-11(18)12(14)19/h4-5,7,11H,2-3,6H2,1H3,(H2,14,19). The lowest BCUT2D eigenvalue weighted by Gasteiger charge is -2.24. The van der Waals surface area contributed by atoms with Crippen LogP contribution in [0.15, 0.2) is 18.5 Å². The summed E-state index contributed by atoms with van der Waals surface area (Å²) in [7, 11) is 0. The summed E-state index contributed by atoms with van der Waals surface area (Å²) < 4.78 is 0. The van der Waals surface area contributed by atoms with Crippen molar-refractivity contribution >= 4 is 22.6 Å². The van der Waals surface area contributed by atoms with Crippen molar-refractivity contribution in [3.05, 3.63) is 24.3 Å². The zero-order chi connectivity index (χ0) is 13.4. The molecule has 0 spiro atoms. The van der Waals surface area contributed by atoms with Gasteiger partial charge in [0.15, 0.2) is 0 Å². The fourth-order valence-corrected chi connectivity index (χ4v) is 2.61. The van der Waals surface area contributed by atoms with E-state index in [1.807, 2.05) is 17.9 Å². The van der Waals surface area contributed by atoms with Crippen molar-refractivity contribution in [1.29, 1.82) is 0 Å². The number of fused-ring (bicyclic) bond motifs is 1. The number of aromatic nitrogens is 3. The number of rotatable bonds is 2. The first-order chi connectivity index (χ1) is 9.16. The minimum atomic E-state index is -0.295. The molecule has 0 saturated carbocycles. The van der Waals surface area contributed by atoms with Gasteiger partial charge in [-0.25, -0.2) is 9.97 Å². The van der Waals surface area contributed by atoms with Crippen LogP contribution < -0.4 is 10.6 Å².